The lowest BCUT2D eigenvalue weighted by Gasteiger charge is -2.09. The van der Waals surface area contributed by atoms with Gasteiger partial charge in [0.15, 0.2) is 0 Å². The molecule has 1 saturated heterocycles. The zero-order chi connectivity index (χ0) is 8.39. The maximum absolute atomic E-state index is 13.1. The maximum atomic E-state index is 13.1. The number of pyridine rings is 1. The highest BCUT2D eigenvalue weighted by Gasteiger charge is 2.19. The van der Waals surface area contributed by atoms with Gasteiger partial charge < -0.3 is 5.32 Å². The third kappa shape index (κ3) is 2.17. The topological polar surface area (TPSA) is 24.9 Å². The van der Waals surface area contributed by atoms with Crippen LogP contribution in [-0.4, -0.2) is 11.5 Å². The first-order valence-corrected chi connectivity index (χ1v) is 4.22. The molecule has 4 heteroatoms. The Labute approximate surface area is 83.0 Å². The Morgan fingerprint density at radius 2 is 2.38 bits per heavy atom. The van der Waals surface area contributed by atoms with Gasteiger partial charge in [0.05, 0.1) is 0 Å². The average Bonchev–Trinajstić information content (AvgIpc) is 2.57. The number of hydrogen-bond acceptors (Lipinski definition) is 2. The lowest BCUT2D eigenvalue weighted by atomic mass is 10.1. The number of hydrogen-bond donors (Lipinski definition) is 1. The summed E-state index contributed by atoms with van der Waals surface area (Å²) in [4.78, 5) is 3.62. The average molecular weight is 203 g/mol. The van der Waals surface area contributed by atoms with Crippen LogP contribution in [0.1, 0.15) is 24.4 Å². The largest absolute Gasteiger partial charge is 0.310 e. The molecule has 0 unspecified atom stereocenters. The van der Waals surface area contributed by atoms with E-state index in [-0.39, 0.29) is 24.4 Å². The van der Waals surface area contributed by atoms with Crippen molar-refractivity contribution < 1.29 is 4.39 Å². The molecule has 2 heterocycles. The molecule has 1 aliphatic rings. The fraction of sp³-hybridized carbons (Fsp3) is 0.444. The molecule has 2 nitrogen and oxygen atoms in total. The summed E-state index contributed by atoms with van der Waals surface area (Å²) in [5, 5.41) is 3.23. The molecule has 0 radical (unpaired) electrons. The minimum Gasteiger partial charge on any atom is -0.310 e. The molecule has 1 aromatic rings. The summed E-state index contributed by atoms with van der Waals surface area (Å²) in [7, 11) is 0. The van der Waals surface area contributed by atoms with Gasteiger partial charge in [-0.2, -0.15) is 4.39 Å². The van der Waals surface area contributed by atoms with Gasteiger partial charge in [-0.15, -0.1) is 12.4 Å². The van der Waals surface area contributed by atoms with E-state index in [9.17, 15) is 4.39 Å². The summed E-state index contributed by atoms with van der Waals surface area (Å²) in [6, 6.07) is 3.75. The molecule has 0 saturated carbocycles. The van der Waals surface area contributed by atoms with E-state index in [2.05, 4.69) is 10.3 Å². The quantitative estimate of drug-likeness (QED) is 0.706. The second-order valence-electron chi connectivity index (χ2n) is 3.03. The molecule has 1 atom stereocenters. The Morgan fingerprint density at radius 1 is 1.54 bits per heavy atom. The normalized spacial score (nSPS) is 21.2. The van der Waals surface area contributed by atoms with Gasteiger partial charge >= 0.3 is 0 Å². The first-order valence-electron chi connectivity index (χ1n) is 4.22. The zero-order valence-corrected chi connectivity index (χ0v) is 7.98. The van der Waals surface area contributed by atoms with Crippen molar-refractivity contribution in [1.29, 1.82) is 0 Å². The summed E-state index contributed by atoms with van der Waals surface area (Å²) >= 11 is 0. The van der Waals surface area contributed by atoms with Crippen molar-refractivity contribution in [3.63, 3.8) is 0 Å². The van der Waals surface area contributed by atoms with Crippen LogP contribution in [0.3, 0.4) is 0 Å². The predicted molar refractivity (Wildman–Crippen MR) is 51.4 cm³/mol. The molecule has 0 amide bonds. The van der Waals surface area contributed by atoms with Crippen LogP contribution in [0.4, 0.5) is 4.39 Å². The zero-order valence-electron chi connectivity index (χ0n) is 7.16. The van der Waals surface area contributed by atoms with Crippen LogP contribution in [0.15, 0.2) is 18.3 Å². The van der Waals surface area contributed by atoms with E-state index in [1.807, 2.05) is 0 Å². The summed E-state index contributed by atoms with van der Waals surface area (Å²) < 4.78 is 13.1. The Kier molecular flexibility index (Phi) is 3.63. The molecule has 1 aromatic heterocycles. The van der Waals surface area contributed by atoms with Crippen LogP contribution in [0.2, 0.25) is 0 Å². The number of nitrogens with one attached hydrogen (secondary N) is 1. The van der Waals surface area contributed by atoms with E-state index >= 15 is 0 Å². The maximum Gasteiger partial charge on any atom is 0.217 e. The molecule has 72 valence electrons. The van der Waals surface area contributed by atoms with Crippen LogP contribution in [-0.2, 0) is 0 Å². The molecule has 0 aliphatic carbocycles. The minimum absolute atomic E-state index is 0. The van der Waals surface area contributed by atoms with Crippen LogP contribution < -0.4 is 5.32 Å². The van der Waals surface area contributed by atoms with Crippen molar-refractivity contribution in [2.24, 2.45) is 0 Å². The van der Waals surface area contributed by atoms with E-state index in [1.165, 1.54) is 6.20 Å². The van der Waals surface area contributed by atoms with Crippen LogP contribution >= 0.6 is 12.4 Å². The van der Waals surface area contributed by atoms with Gasteiger partial charge in [-0.3, -0.25) is 0 Å². The van der Waals surface area contributed by atoms with Crippen molar-refractivity contribution in [2.75, 3.05) is 6.54 Å². The van der Waals surface area contributed by atoms with Crippen molar-refractivity contribution in [3.05, 3.63) is 29.8 Å². The summed E-state index contributed by atoms with van der Waals surface area (Å²) in [6.45, 7) is 0.985. The number of halogens is 2. The van der Waals surface area contributed by atoms with Gasteiger partial charge in [-0.1, -0.05) is 6.07 Å². The molecule has 0 spiro atoms. The first-order chi connectivity index (χ1) is 5.88. The van der Waals surface area contributed by atoms with Crippen molar-refractivity contribution in [3.8, 4) is 0 Å². The number of aromatic nitrogens is 1. The van der Waals surface area contributed by atoms with Crippen molar-refractivity contribution >= 4 is 12.4 Å². The summed E-state index contributed by atoms with van der Waals surface area (Å²) in [5.41, 5.74) is 0.704. The van der Waals surface area contributed by atoms with Crippen LogP contribution in [0.25, 0.3) is 0 Å². The molecule has 13 heavy (non-hydrogen) atoms. The fourth-order valence-electron chi connectivity index (χ4n) is 1.61. The van der Waals surface area contributed by atoms with Crippen LogP contribution in [0, 0.1) is 5.95 Å². The van der Waals surface area contributed by atoms with E-state index < -0.39 is 0 Å². The van der Waals surface area contributed by atoms with E-state index in [0.717, 1.165) is 19.4 Å². The smallest absolute Gasteiger partial charge is 0.217 e. The highest BCUT2D eigenvalue weighted by molar-refractivity contribution is 5.85. The predicted octanol–water partition coefficient (Wildman–Crippen LogP) is 2.07. The third-order valence-electron chi connectivity index (χ3n) is 2.22. The molecule has 0 aromatic carbocycles. The lowest BCUT2D eigenvalue weighted by Crippen LogP contribution is -2.14. The lowest BCUT2D eigenvalue weighted by molar-refractivity contribution is 0.528. The first kappa shape index (κ1) is 10.4. The SMILES string of the molecule is Cl.Fc1ncccc1[C@@H]1CCCN1. The van der Waals surface area contributed by atoms with Gasteiger partial charge in [0.2, 0.25) is 5.95 Å². The van der Waals surface area contributed by atoms with E-state index in [1.54, 1.807) is 12.1 Å². The second-order valence-corrected chi connectivity index (χ2v) is 3.03. The molecule has 2 rings (SSSR count). The molecule has 1 N–H and O–H groups in total. The van der Waals surface area contributed by atoms with Gasteiger partial charge in [0.25, 0.3) is 0 Å². The Balaban J connectivity index is 0.000000845. The van der Waals surface area contributed by atoms with E-state index in [4.69, 9.17) is 0 Å². The minimum atomic E-state index is -0.336. The Bertz CT molecular complexity index is 274. The number of rotatable bonds is 1. The van der Waals surface area contributed by atoms with Crippen LogP contribution in [0.5, 0.6) is 0 Å². The van der Waals surface area contributed by atoms with Gasteiger partial charge in [0.1, 0.15) is 0 Å². The molecule has 1 fully saturated rings. The third-order valence-corrected chi connectivity index (χ3v) is 2.22. The summed E-state index contributed by atoms with van der Waals surface area (Å²) in [5.74, 6) is -0.336. The van der Waals surface area contributed by atoms with Gasteiger partial charge in [-0.05, 0) is 25.5 Å². The second kappa shape index (κ2) is 4.53. The Morgan fingerprint density at radius 3 is 3.00 bits per heavy atom. The molecular formula is C9H12ClFN2. The number of nitrogens with zero attached hydrogens (tertiary/aromatic N) is 1. The fourth-order valence-corrected chi connectivity index (χ4v) is 1.61. The highest BCUT2D eigenvalue weighted by atomic mass is 35.5. The molecular weight excluding hydrogens is 191 g/mol. The Hall–Kier alpha value is -0.670. The standard InChI is InChI=1S/C9H11FN2.ClH/c10-9-7(3-1-6-12-9)8-4-2-5-11-8;/h1,3,6,8,11H,2,4-5H2;1H/t8-;/m0./s1. The monoisotopic (exact) mass is 202 g/mol. The summed E-state index contributed by atoms with van der Waals surface area (Å²) in [6.07, 6.45) is 3.62. The van der Waals surface area contributed by atoms with Crippen molar-refractivity contribution in [1.82, 2.24) is 10.3 Å². The van der Waals surface area contributed by atoms with Crippen molar-refractivity contribution in [2.45, 2.75) is 18.9 Å². The highest BCUT2D eigenvalue weighted by Crippen LogP contribution is 2.23. The van der Waals surface area contributed by atoms with Gasteiger partial charge in [-0.25, -0.2) is 4.98 Å². The van der Waals surface area contributed by atoms with E-state index in [0.29, 0.717) is 5.56 Å². The molecule has 1 aliphatic heterocycles. The molecule has 0 bridgehead atoms. The van der Waals surface area contributed by atoms with Gasteiger partial charge in [0, 0.05) is 17.8 Å².